The van der Waals surface area contributed by atoms with E-state index < -0.39 is 11.8 Å². The molecule has 2 heterocycles. The van der Waals surface area contributed by atoms with Crippen LogP contribution in [0.2, 0.25) is 0 Å². The van der Waals surface area contributed by atoms with Crippen molar-refractivity contribution in [1.29, 1.82) is 0 Å². The minimum atomic E-state index is -0.759. The van der Waals surface area contributed by atoms with Crippen molar-refractivity contribution in [3.63, 3.8) is 0 Å². The van der Waals surface area contributed by atoms with Gasteiger partial charge in [-0.1, -0.05) is 19.1 Å². The minimum absolute atomic E-state index is 0.0140. The number of fused-ring (bicyclic) bond motifs is 3. The molecule has 2 bridgehead atoms. The number of carbonyl (C=O) groups excluding carboxylic acids is 3. The number of benzene rings is 1. The van der Waals surface area contributed by atoms with Gasteiger partial charge in [0.1, 0.15) is 11.8 Å². The third-order valence-electron chi connectivity index (χ3n) is 8.21. The maximum absolute atomic E-state index is 13.3. The lowest BCUT2D eigenvalue weighted by Gasteiger charge is -2.59. The van der Waals surface area contributed by atoms with Gasteiger partial charge in [0.25, 0.3) is 5.91 Å². The summed E-state index contributed by atoms with van der Waals surface area (Å²) in [7, 11) is 0. The Hall–Kier alpha value is -2.57. The summed E-state index contributed by atoms with van der Waals surface area (Å²) in [4.78, 5) is 40.8. The Morgan fingerprint density at radius 2 is 1.97 bits per heavy atom. The third kappa shape index (κ3) is 3.46. The fourth-order valence-corrected chi connectivity index (χ4v) is 6.42. The van der Waals surface area contributed by atoms with Gasteiger partial charge >= 0.3 is 0 Å². The van der Waals surface area contributed by atoms with Crippen LogP contribution < -0.4 is 15.4 Å². The van der Waals surface area contributed by atoms with E-state index in [0.29, 0.717) is 24.2 Å². The number of hydrogen-bond donors (Lipinski definition) is 2. The molecular formula is C25H33N3O4. The molecule has 6 rings (SSSR count). The summed E-state index contributed by atoms with van der Waals surface area (Å²) < 4.78 is 6.43. The van der Waals surface area contributed by atoms with Gasteiger partial charge < -0.3 is 20.3 Å². The number of rotatable bonds is 3. The second-order valence-corrected chi connectivity index (χ2v) is 10.4. The van der Waals surface area contributed by atoms with E-state index in [4.69, 9.17) is 4.74 Å². The highest BCUT2D eigenvalue weighted by atomic mass is 16.5. The topological polar surface area (TPSA) is 87.7 Å². The number of likely N-dealkylation sites (tertiary alicyclic amines) is 1. The number of amides is 3. The normalized spacial score (nSPS) is 34.3. The zero-order chi connectivity index (χ0) is 22.5. The van der Waals surface area contributed by atoms with Crippen LogP contribution in [0.5, 0.6) is 5.75 Å². The van der Waals surface area contributed by atoms with Gasteiger partial charge in [-0.25, -0.2) is 0 Å². The van der Waals surface area contributed by atoms with Gasteiger partial charge in [-0.3, -0.25) is 14.4 Å². The number of para-hydroxylation sites is 1. The van der Waals surface area contributed by atoms with Crippen LogP contribution in [0, 0.1) is 17.3 Å². The van der Waals surface area contributed by atoms with Gasteiger partial charge in [0.05, 0.1) is 5.56 Å². The predicted octanol–water partition coefficient (Wildman–Crippen LogP) is 2.85. The van der Waals surface area contributed by atoms with Crippen molar-refractivity contribution in [2.24, 2.45) is 17.3 Å². The van der Waals surface area contributed by atoms with Crippen molar-refractivity contribution in [3.8, 4) is 5.75 Å². The average Bonchev–Trinajstić information content (AvgIpc) is 2.78. The van der Waals surface area contributed by atoms with Crippen LogP contribution in [0.3, 0.4) is 0 Å². The number of nitrogens with one attached hydrogen (secondary N) is 2. The second-order valence-electron chi connectivity index (χ2n) is 10.4. The van der Waals surface area contributed by atoms with Crippen LogP contribution in [0.25, 0.3) is 0 Å². The molecule has 0 radical (unpaired) electrons. The quantitative estimate of drug-likeness (QED) is 0.758. The highest BCUT2D eigenvalue weighted by molar-refractivity contribution is 5.98. The molecule has 1 aromatic rings. The fourth-order valence-electron chi connectivity index (χ4n) is 6.42. The van der Waals surface area contributed by atoms with Crippen LogP contribution in [-0.4, -0.2) is 47.5 Å². The molecule has 1 aromatic carbocycles. The van der Waals surface area contributed by atoms with Gasteiger partial charge in [-0.05, 0) is 63.0 Å². The second kappa shape index (κ2) is 7.78. The van der Waals surface area contributed by atoms with Crippen LogP contribution in [0.15, 0.2) is 24.3 Å². The van der Waals surface area contributed by atoms with E-state index in [-0.39, 0.29) is 35.0 Å². The number of piperidine rings is 1. The molecule has 3 aliphatic carbocycles. The van der Waals surface area contributed by atoms with Crippen molar-refractivity contribution in [1.82, 2.24) is 15.5 Å². The lowest BCUT2D eigenvalue weighted by molar-refractivity contribution is -0.168. The predicted molar refractivity (Wildman–Crippen MR) is 119 cm³/mol. The van der Waals surface area contributed by atoms with Gasteiger partial charge in [0, 0.05) is 31.3 Å². The Labute approximate surface area is 189 Å². The molecule has 2 N–H and O–H groups in total. The minimum Gasteiger partial charge on any atom is -0.467 e. The van der Waals surface area contributed by atoms with E-state index in [1.807, 2.05) is 23.1 Å². The maximum atomic E-state index is 13.3. The number of nitrogens with zero attached hydrogens (tertiary/aromatic N) is 1. The van der Waals surface area contributed by atoms with Gasteiger partial charge in [0.2, 0.25) is 11.8 Å². The third-order valence-corrected chi connectivity index (χ3v) is 8.21. The van der Waals surface area contributed by atoms with E-state index in [9.17, 15) is 14.4 Å². The Bertz CT molecular complexity index is 943. The Morgan fingerprint density at radius 1 is 1.22 bits per heavy atom. The molecule has 3 saturated carbocycles. The Morgan fingerprint density at radius 3 is 2.72 bits per heavy atom. The van der Waals surface area contributed by atoms with Crippen molar-refractivity contribution in [3.05, 3.63) is 29.8 Å². The van der Waals surface area contributed by atoms with Crippen molar-refractivity contribution >= 4 is 17.7 Å². The summed E-state index contributed by atoms with van der Waals surface area (Å²) in [5.41, 5.74) is -0.499. The molecule has 1 saturated heterocycles. The van der Waals surface area contributed by atoms with Crippen molar-refractivity contribution in [2.75, 3.05) is 13.1 Å². The van der Waals surface area contributed by atoms with E-state index in [2.05, 4.69) is 17.6 Å². The summed E-state index contributed by atoms with van der Waals surface area (Å²) in [6.07, 6.45) is 6.29. The van der Waals surface area contributed by atoms with Crippen LogP contribution in [0.1, 0.15) is 69.2 Å². The van der Waals surface area contributed by atoms with E-state index in [0.717, 1.165) is 45.2 Å². The first-order chi connectivity index (χ1) is 15.3. The molecule has 7 nitrogen and oxygen atoms in total. The van der Waals surface area contributed by atoms with Crippen molar-refractivity contribution < 1.29 is 19.1 Å². The molecular weight excluding hydrogens is 406 g/mol. The van der Waals surface area contributed by atoms with Gasteiger partial charge in [0.15, 0.2) is 5.72 Å². The number of carbonyl (C=O) groups is 3. The molecule has 32 heavy (non-hydrogen) atoms. The molecule has 4 fully saturated rings. The Balaban J connectivity index is 1.30. The SMILES string of the molecule is C[C@@H](NC(=O)[C@H]1C[C@@H]2CC[C@]1(C)C[C@@]21NC(=O)c2ccccc2O1)C(=O)N1CCCCC1. The van der Waals surface area contributed by atoms with E-state index in [1.54, 1.807) is 13.0 Å². The standard InChI is InChI=1S/C25H33N3O4/c1-16(23(31)28-12-6-3-7-13-28)26-22(30)19-14-17-10-11-24(19,2)15-25(17)27-21(29)18-8-4-5-9-20(18)32-25/h4-5,8-9,16-17,19H,3,6-7,10-15H2,1-2H3,(H,26,30)(H,27,29)/t16-,17+,19-,24-,25+/m1/s1. The van der Waals surface area contributed by atoms with E-state index in [1.165, 1.54) is 0 Å². The molecule has 0 unspecified atom stereocenters. The summed E-state index contributed by atoms with van der Waals surface area (Å²) in [6.45, 7) is 5.48. The average molecular weight is 440 g/mol. The maximum Gasteiger partial charge on any atom is 0.258 e. The largest absolute Gasteiger partial charge is 0.467 e. The molecule has 3 amide bonds. The molecule has 1 spiro atoms. The monoisotopic (exact) mass is 439 g/mol. The van der Waals surface area contributed by atoms with Crippen LogP contribution >= 0.6 is 0 Å². The van der Waals surface area contributed by atoms with Gasteiger partial charge in [-0.2, -0.15) is 0 Å². The first-order valence-corrected chi connectivity index (χ1v) is 12.0. The summed E-state index contributed by atoms with van der Waals surface area (Å²) in [5, 5.41) is 6.17. The zero-order valence-electron chi connectivity index (χ0n) is 19.0. The number of ether oxygens (including phenoxy) is 1. The fraction of sp³-hybridized carbons (Fsp3) is 0.640. The van der Waals surface area contributed by atoms with E-state index >= 15 is 0 Å². The molecule has 172 valence electrons. The lowest BCUT2D eigenvalue weighted by atomic mass is 9.52. The summed E-state index contributed by atoms with van der Waals surface area (Å²) in [5.74, 6) is 0.345. The van der Waals surface area contributed by atoms with Crippen LogP contribution in [-0.2, 0) is 9.59 Å². The Kier molecular flexibility index (Phi) is 5.18. The first-order valence-electron chi connectivity index (χ1n) is 12.0. The lowest BCUT2D eigenvalue weighted by Crippen LogP contribution is -2.69. The van der Waals surface area contributed by atoms with Crippen molar-refractivity contribution in [2.45, 2.75) is 70.6 Å². The molecule has 0 aromatic heterocycles. The van der Waals surface area contributed by atoms with Gasteiger partial charge in [-0.15, -0.1) is 0 Å². The molecule has 2 aliphatic heterocycles. The zero-order valence-corrected chi connectivity index (χ0v) is 19.0. The summed E-state index contributed by atoms with van der Waals surface area (Å²) in [6, 6.07) is 6.82. The first kappa shape index (κ1) is 21.3. The molecule has 7 heteroatoms. The number of hydrogen-bond acceptors (Lipinski definition) is 4. The summed E-state index contributed by atoms with van der Waals surface area (Å²) >= 11 is 0. The smallest absolute Gasteiger partial charge is 0.258 e. The van der Waals surface area contributed by atoms with Crippen LogP contribution in [0.4, 0.5) is 0 Å². The molecule has 5 aliphatic rings. The highest BCUT2D eigenvalue weighted by Crippen LogP contribution is 2.58. The molecule has 5 atom stereocenters. The highest BCUT2D eigenvalue weighted by Gasteiger charge is 2.62.